The molecule has 0 unspecified atom stereocenters. The number of hydrogen-bond donors (Lipinski definition) is 1. The van der Waals surface area contributed by atoms with Crippen LogP contribution in [0.5, 0.6) is 0 Å². The molecule has 0 bridgehead atoms. The molecule has 1 aliphatic heterocycles. The summed E-state index contributed by atoms with van der Waals surface area (Å²) < 4.78 is 5.89. The monoisotopic (exact) mass is 489 g/mol. The first kappa shape index (κ1) is 23.5. The second kappa shape index (κ2) is 9.87. The third-order valence-corrected chi connectivity index (χ3v) is 8.11. The van der Waals surface area contributed by atoms with Crippen molar-refractivity contribution in [2.24, 2.45) is 5.92 Å². The average molecular weight is 490 g/mol. The van der Waals surface area contributed by atoms with Crippen molar-refractivity contribution in [2.75, 3.05) is 19.7 Å². The Morgan fingerprint density at radius 1 is 0.730 bits per heavy atom. The summed E-state index contributed by atoms with van der Waals surface area (Å²) in [5.74, 6) is 0.0464. The maximum absolute atomic E-state index is 13.1. The number of hydrogen-bond acceptors (Lipinski definition) is 3. The average Bonchev–Trinajstić information content (AvgIpc) is 3.30. The molecule has 1 N–H and O–H groups in total. The van der Waals surface area contributed by atoms with Crippen molar-refractivity contribution >= 4 is 6.09 Å². The Morgan fingerprint density at radius 2 is 1.19 bits per heavy atom. The lowest BCUT2D eigenvalue weighted by molar-refractivity contribution is -0.0145. The highest BCUT2D eigenvalue weighted by atomic mass is 16.6. The molecule has 1 aliphatic carbocycles. The van der Waals surface area contributed by atoms with Crippen LogP contribution in [0.3, 0.4) is 0 Å². The number of fused-ring (bicyclic) bond motifs is 3. The van der Waals surface area contributed by atoms with Crippen molar-refractivity contribution < 1.29 is 14.6 Å². The van der Waals surface area contributed by atoms with E-state index in [4.69, 9.17) is 4.74 Å². The number of nitrogens with zero attached hydrogens (tertiary/aromatic N) is 1. The Morgan fingerprint density at radius 3 is 1.70 bits per heavy atom. The highest BCUT2D eigenvalue weighted by molar-refractivity contribution is 5.79. The minimum Gasteiger partial charge on any atom is -0.448 e. The van der Waals surface area contributed by atoms with E-state index in [1.54, 1.807) is 4.90 Å². The van der Waals surface area contributed by atoms with Crippen LogP contribution in [0, 0.1) is 5.92 Å². The Kier molecular flexibility index (Phi) is 6.27. The highest BCUT2D eigenvalue weighted by Crippen LogP contribution is 2.45. The predicted molar refractivity (Wildman–Crippen MR) is 145 cm³/mol. The summed E-state index contributed by atoms with van der Waals surface area (Å²) in [7, 11) is 0. The molecule has 0 aromatic heterocycles. The molecule has 2 aliphatic rings. The summed E-state index contributed by atoms with van der Waals surface area (Å²) in [5.41, 5.74) is 5.55. The molecule has 186 valence electrons. The van der Waals surface area contributed by atoms with Gasteiger partial charge in [0, 0.05) is 19.0 Å². The van der Waals surface area contributed by atoms with Gasteiger partial charge in [0.2, 0.25) is 0 Å². The summed E-state index contributed by atoms with van der Waals surface area (Å²) in [5, 5.41) is 12.1. The number of benzene rings is 4. The normalized spacial score (nSPS) is 15.8. The molecule has 4 aromatic carbocycles. The second-order valence-corrected chi connectivity index (χ2v) is 10.1. The molecule has 0 saturated carbocycles. The van der Waals surface area contributed by atoms with Crippen molar-refractivity contribution in [1.29, 1.82) is 0 Å². The van der Waals surface area contributed by atoms with Crippen LogP contribution < -0.4 is 0 Å². The zero-order valence-electron chi connectivity index (χ0n) is 20.8. The first-order valence-corrected chi connectivity index (χ1v) is 13.1. The number of carbonyl (C=O) groups is 1. The summed E-state index contributed by atoms with van der Waals surface area (Å²) in [6.45, 7) is 1.44. The van der Waals surface area contributed by atoms with Gasteiger partial charge in [-0.2, -0.15) is 0 Å². The maximum atomic E-state index is 13.1. The van der Waals surface area contributed by atoms with Crippen LogP contribution >= 0.6 is 0 Å². The molecule has 1 fully saturated rings. The summed E-state index contributed by atoms with van der Waals surface area (Å²) >= 11 is 0. The molecule has 0 atom stereocenters. The number of piperidine rings is 1. The topological polar surface area (TPSA) is 49.8 Å². The number of amides is 1. The highest BCUT2D eigenvalue weighted by Gasteiger charge is 2.42. The number of rotatable bonds is 5. The van der Waals surface area contributed by atoms with Gasteiger partial charge in [-0.25, -0.2) is 4.79 Å². The lowest BCUT2D eigenvalue weighted by atomic mass is 9.72. The van der Waals surface area contributed by atoms with Gasteiger partial charge in [0.05, 0.1) is 0 Å². The van der Waals surface area contributed by atoms with Gasteiger partial charge in [0.25, 0.3) is 0 Å². The molecule has 1 heterocycles. The molecular weight excluding hydrogens is 458 g/mol. The minimum atomic E-state index is -1.10. The van der Waals surface area contributed by atoms with Crippen LogP contribution in [-0.4, -0.2) is 35.8 Å². The predicted octanol–water partition coefficient (Wildman–Crippen LogP) is 6.58. The molecule has 4 heteroatoms. The quantitative estimate of drug-likeness (QED) is 0.344. The zero-order valence-corrected chi connectivity index (χ0v) is 20.8. The minimum absolute atomic E-state index is 0.00469. The number of ether oxygens (including phenoxy) is 1. The largest absolute Gasteiger partial charge is 0.448 e. The molecular formula is C33H31NO3. The molecule has 0 radical (unpaired) electrons. The van der Waals surface area contributed by atoms with Crippen LogP contribution in [0.25, 0.3) is 11.1 Å². The smallest absolute Gasteiger partial charge is 0.409 e. The van der Waals surface area contributed by atoms with Crippen LogP contribution in [0.15, 0.2) is 109 Å². The Hall–Kier alpha value is -3.89. The Balaban J connectivity index is 1.14. The van der Waals surface area contributed by atoms with Crippen molar-refractivity contribution in [3.8, 4) is 11.1 Å². The molecule has 6 rings (SSSR count). The van der Waals surface area contributed by atoms with Crippen molar-refractivity contribution in [2.45, 2.75) is 24.4 Å². The fourth-order valence-corrected chi connectivity index (χ4v) is 6.19. The van der Waals surface area contributed by atoms with Gasteiger partial charge >= 0.3 is 6.09 Å². The van der Waals surface area contributed by atoms with Gasteiger partial charge in [0.1, 0.15) is 12.2 Å². The van der Waals surface area contributed by atoms with E-state index in [1.807, 2.05) is 72.8 Å². The van der Waals surface area contributed by atoms with Gasteiger partial charge in [-0.3, -0.25) is 0 Å². The molecule has 0 spiro atoms. The number of carbonyl (C=O) groups excluding carboxylic acids is 1. The van der Waals surface area contributed by atoms with Crippen molar-refractivity contribution in [3.05, 3.63) is 131 Å². The van der Waals surface area contributed by atoms with Crippen LogP contribution in [0.2, 0.25) is 0 Å². The van der Waals surface area contributed by atoms with E-state index in [0.29, 0.717) is 32.5 Å². The number of aliphatic hydroxyl groups is 1. The van der Waals surface area contributed by atoms with E-state index in [0.717, 1.165) is 11.1 Å². The summed E-state index contributed by atoms with van der Waals surface area (Å²) in [6.07, 6.45) is 1.12. The maximum Gasteiger partial charge on any atom is 0.409 e. The van der Waals surface area contributed by atoms with E-state index >= 15 is 0 Å². The number of likely N-dealkylation sites (tertiary alicyclic amines) is 1. The first-order chi connectivity index (χ1) is 18.2. The van der Waals surface area contributed by atoms with Gasteiger partial charge in [-0.05, 0) is 52.1 Å². The van der Waals surface area contributed by atoms with E-state index in [-0.39, 0.29) is 17.9 Å². The van der Waals surface area contributed by atoms with Gasteiger partial charge in [0.15, 0.2) is 0 Å². The van der Waals surface area contributed by atoms with Crippen LogP contribution in [0.4, 0.5) is 4.79 Å². The van der Waals surface area contributed by atoms with E-state index in [2.05, 4.69) is 36.4 Å². The fraction of sp³-hybridized carbons (Fsp3) is 0.242. The third-order valence-electron chi connectivity index (χ3n) is 8.11. The standard InChI is InChI=1S/C33H31NO3/c35-32(37-23-31-29-17-9-7-15-27(29)28-16-8-10-18-30(28)31)34-21-19-26(20-22-34)33(36,24-11-3-1-4-12-24)25-13-5-2-6-14-25/h1-18,26,31,36H,19-23H2. The van der Waals surface area contributed by atoms with E-state index < -0.39 is 5.60 Å². The van der Waals surface area contributed by atoms with Crippen LogP contribution in [0.1, 0.15) is 41.0 Å². The molecule has 4 aromatic rings. The summed E-state index contributed by atoms with van der Waals surface area (Å²) in [6, 6.07) is 36.5. The van der Waals surface area contributed by atoms with Gasteiger partial charge in [-0.1, -0.05) is 109 Å². The third kappa shape index (κ3) is 4.21. The lowest BCUT2D eigenvalue weighted by Crippen LogP contribution is -2.46. The van der Waals surface area contributed by atoms with Crippen molar-refractivity contribution in [1.82, 2.24) is 4.90 Å². The Bertz CT molecular complexity index is 1290. The fourth-order valence-electron chi connectivity index (χ4n) is 6.19. The summed E-state index contributed by atoms with van der Waals surface area (Å²) in [4.78, 5) is 14.9. The van der Waals surface area contributed by atoms with E-state index in [1.165, 1.54) is 22.3 Å². The lowest BCUT2D eigenvalue weighted by Gasteiger charge is -2.42. The second-order valence-electron chi connectivity index (χ2n) is 10.1. The zero-order chi connectivity index (χ0) is 25.2. The van der Waals surface area contributed by atoms with Gasteiger partial charge in [-0.15, -0.1) is 0 Å². The Labute approximate surface area is 218 Å². The molecule has 1 amide bonds. The SMILES string of the molecule is O=C(OCC1c2ccccc2-c2ccccc21)N1CCC(C(O)(c2ccccc2)c2ccccc2)CC1. The molecule has 37 heavy (non-hydrogen) atoms. The molecule has 1 saturated heterocycles. The van der Waals surface area contributed by atoms with E-state index in [9.17, 15) is 9.90 Å². The molecule has 4 nitrogen and oxygen atoms in total. The first-order valence-electron chi connectivity index (χ1n) is 13.1. The van der Waals surface area contributed by atoms with Crippen LogP contribution in [-0.2, 0) is 10.3 Å². The van der Waals surface area contributed by atoms with Gasteiger partial charge < -0.3 is 14.7 Å². The van der Waals surface area contributed by atoms with Crippen molar-refractivity contribution in [3.63, 3.8) is 0 Å².